The second kappa shape index (κ2) is 6.90. The molecule has 1 saturated carbocycles. The second-order valence-corrected chi connectivity index (χ2v) is 7.96. The molecule has 0 amide bonds. The predicted molar refractivity (Wildman–Crippen MR) is 109 cm³/mol. The molecular formula is C23H29N3. The summed E-state index contributed by atoms with van der Waals surface area (Å²) in [4.78, 5) is 3.41. The predicted octanol–water partition coefficient (Wildman–Crippen LogP) is 4.67. The van der Waals surface area contributed by atoms with Gasteiger partial charge in [0.25, 0.3) is 0 Å². The summed E-state index contributed by atoms with van der Waals surface area (Å²) in [5.41, 5.74) is 13.2. The highest BCUT2D eigenvalue weighted by Crippen LogP contribution is 2.38. The molecule has 1 aliphatic rings. The van der Waals surface area contributed by atoms with Crippen LogP contribution in [0.4, 0.5) is 0 Å². The van der Waals surface area contributed by atoms with Gasteiger partial charge in [-0.2, -0.15) is 0 Å². The number of hydrogen-bond acceptors (Lipinski definition) is 2. The first-order valence-corrected chi connectivity index (χ1v) is 9.72. The Hall–Kier alpha value is -2.10. The number of benzene rings is 2. The fourth-order valence-corrected chi connectivity index (χ4v) is 4.67. The van der Waals surface area contributed by atoms with Crippen LogP contribution in [0.3, 0.4) is 0 Å². The first-order valence-electron chi connectivity index (χ1n) is 9.72. The number of hydrogen-bond donors (Lipinski definition) is 3. The Balaban J connectivity index is 1.61. The third-order valence-corrected chi connectivity index (χ3v) is 5.88. The van der Waals surface area contributed by atoms with E-state index in [1.807, 2.05) is 0 Å². The fourth-order valence-electron chi connectivity index (χ4n) is 4.67. The van der Waals surface area contributed by atoms with E-state index in [0.717, 1.165) is 19.4 Å². The van der Waals surface area contributed by atoms with Crippen LogP contribution in [0.2, 0.25) is 0 Å². The van der Waals surface area contributed by atoms with Crippen molar-refractivity contribution >= 4 is 10.9 Å². The summed E-state index contributed by atoms with van der Waals surface area (Å²) in [7, 11) is 0. The van der Waals surface area contributed by atoms with Crippen molar-refractivity contribution in [3.63, 3.8) is 0 Å². The molecule has 1 heterocycles. The van der Waals surface area contributed by atoms with Gasteiger partial charge in [0, 0.05) is 29.7 Å². The molecule has 4 rings (SSSR count). The molecule has 0 spiro atoms. The van der Waals surface area contributed by atoms with E-state index in [1.54, 1.807) is 0 Å². The highest BCUT2D eigenvalue weighted by atomic mass is 15.0. The topological polar surface area (TPSA) is 53.8 Å². The van der Waals surface area contributed by atoms with Crippen LogP contribution < -0.4 is 11.1 Å². The fraction of sp³-hybridized carbons (Fsp3) is 0.391. The zero-order valence-electron chi connectivity index (χ0n) is 15.8. The quantitative estimate of drug-likeness (QED) is 0.642. The van der Waals surface area contributed by atoms with Crippen LogP contribution in [0.15, 0.2) is 48.7 Å². The van der Waals surface area contributed by atoms with Crippen molar-refractivity contribution in [2.24, 2.45) is 5.73 Å². The molecule has 1 aromatic heterocycles. The van der Waals surface area contributed by atoms with Crippen LogP contribution in [0.5, 0.6) is 0 Å². The summed E-state index contributed by atoms with van der Waals surface area (Å²) in [5, 5.41) is 5.06. The first kappa shape index (κ1) is 17.3. The van der Waals surface area contributed by atoms with Crippen LogP contribution in [-0.2, 0) is 12.1 Å². The normalized spacial score (nSPS) is 23.4. The maximum atomic E-state index is 7.08. The van der Waals surface area contributed by atoms with Gasteiger partial charge in [-0.25, -0.2) is 0 Å². The summed E-state index contributed by atoms with van der Waals surface area (Å²) in [6.45, 7) is 5.20. The number of fused-ring (bicyclic) bond motifs is 1. The van der Waals surface area contributed by atoms with Gasteiger partial charge in [-0.1, -0.05) is 60.4 Å². The van der Waals surface area contributed by atoms with E-state index in [2.05, 4.69) is 72.8 Å². The van der Waals surface area contributed by atoms with Gasteiger partial charge in [0.05, 0.1) is 5.54 Å². The van der Waals surface area contributed by atoms with Gasteiger partial charge in [-0.05, 0) is 43.9 Å². The molecule has 136 valence electrons. The van der Waals surface area contributed by atoms with E-state index in [-0.39, 0.29) is 11.6 Å². The molecule has 4 N–H and O–H groups in total. The molecule has 0 bridgehead atoms. The number of aromatic amines is 1. The zero-order chi connectivity index (χ0) is 18.1. The van der Waals surface area contributed by atoms with Gasteiger partial charge in [-0.3, -0.25) is 0 Å². The number of nitrogens with one attached hydrogen (secondary N) is 2. The highest BCUT2D eigenvalue weighted by Gasteiger charge is 2.40. The lowest BCUT2D eigenvalue weighted by atomic mass is 9.73. The Morgan fingerprint density at radius 3 is 2.69 bits per heavy atom. The van der Waals surface area contributed by atoms with E-state index in [9.17, 15) is 0 Å². The number of rotatable bonds is 4. The third-order valence-electron chi connectivity index (χ3n) is 5.88. The number of para-hydroxylation sites is 1. The summed E-state index contributed by atoms with van der Waals surface area (Å²) in [6, 6.07) is 15.5. The van der Waals surface area contributed by atoms with Crippen LogP contribution in [0, 0.1) is 13.8 Å². The minimum Gasteiger partial charge on any atom is -0.361 e. The summed E-state index contributed by atoms with van der Waals surface area (Å²) >= 11 is 0. The van der Waals surface area contributed by atoms with E-state index < -0.39 is 0 Å². The molecule has 26 heavy (non-hydrogen) atoms. The van der Waals surface area contributed by atoms with Gasteiger partial charge < -0.3 is 16.0 Å². The minimum atomic E-state index is -0.323. The molecule has 0 radical (unpaired) electrons. The van der Waals surface area contributed by atoms with Gasteiger partial charge in [0.15, 0.2) is 0 Å². The first-order chi connectivity index (χ1) is 12.6. The molecule has 0 aliphatic heterocycles. The summed E-state index contributed by atoms with van der Waals surface area (Å²) in [6.07, 6.45) is 6.71. The Morgan fingerprint density at radius 2 is 1.88 bits per heavy atom. The van der Waals surface area contributed by atoms with E-state index in [4.69, 9.17) is 5.73 Å². The molecule has 1 fully saturated rings. The second-order valence-electron chi connectivity index (χ2n) is 7.96. The van der Waals surface area contributed by atoms with E-state index >= 15 is 0 Å². The monoisotopic (exact) mass is 347 g/mol. The van der Waals surface area contributed by atoms with Gasteiger partial charge in [-0.15, -0.1) is 0 Å². The van der Waals surface area contributed by atoms with Crippen molar-refractivity contribution in [2.45, 2.75) is 57.7 Å². The zero-order valence-corrected chi connectivity index (χ0v) is 15.8. The van der Waals surface area contributed by atoms with E-state index in [0.29, 0.717) is 0 Å². The Morgan fingerprint density at radius 1 is 1.12 bits per heavy atom. The van der Waals surface area contributed by atoms with Crippen molar-refractivity contribution in [2.75, 3.05) is 0 Å². The van der Waals surface area contributed by atoms with Crippen molar-refractivity contribution in [3.05, 3.63) is 70.9 Å². The number of aryl methyl sites for hydroxylation is 2. The standard InChI is InChI=1S/C23H29N3/c1-16-11-17(2)13-18(12-16)14-26-22-9-5-6-10-23(22,24)20-15-25-21-8-4-3-7-19(20)21/h3-4,7-8,11-13,15,22,25-26H,5-6,9-10,14,24H2,1-2H3. The Labute approximate surface area is 156 Å². The lowest BCUT2D eigenvalue weighted by Gasteiger charge is -2.42. The molecule has 3 heteroatoms. The van der Waals surface area contributed by atoms with Gasteiger partial charge in [0.1, 0.15) is 0 Å². The lowest BCUT2D eigenvalue weighted by molar-refractivity contribution is 0.217. The van der Waals surface area contributed by atoms with Crippen molar-refractivity contribution in [3.8, 4) is 0 Å². The molecule has 3 aromatic rings. The lowest BCUT2D eigenvalue weighted by Crippen LogP contribution is -2.56. The SMILES string of the molecule is Cc1cc(C)cc(CNC2CCCCC2(N)c2c[nH]c3ccccc23)c1. The molecule has 1 aliphatic carbocycles. The molecule has 2 atom stereocenters. The molecule has 3 nitrogen and oxygen atoms in total. The summed E-state index contributed by atoms with van der Waals surface area (Å²) in [5.74, 6) is 0. The molecule has 2 aromatic carbocycles. The van der Waals surface area contributed by atoms with Crippen LogP contribution >= 0.6 is 0 Å². The maximum Gasteiger partial charge on any atom is 0.0586 e. The van der Waals surface area contributed by atoms with Crippen LogP contribution in [0.1, 0.15) is 47.9 Å². The number of aromatic nitrogens is 1. The van der Waals surface area contributed by atoms with Crippen molar-refractivity contribution in [1.82, 2.24) is 10.3 Å². The van der Waals surface area contributed by atoms with Crippen molar-refractivity contribution in [1.29, 1.82) is 0 Å². The molecule has 0 saturated heterocycles. The van der Waals surface area contributed by atoms with Crippen LogP contribution in [-0.4, -0.2) is 11.0 Å². The van der Waals surface area contributed by atoms with Crippen molar-refractivity contribution < 1.29 is 0 Å². The molecule has 2 unspecified atom stereocenters. The Kier molecular flexibility index (Phi) is 4.60. The molecular weight excluding hydrogens is 318 g/mol. The van der Waals surface area contributed by atoms with Gasteiger partial charge >= 0.3 is 0 Å². The largest absolute Gasteiger partial charge is 0.361 e. The maximum absolute atomic E-state index is 7.08. The average molecular weight is 348 g/mol. The highest BCUT2D eigenvalue weighted by molar-refractivity contribution is 5.84. The average Bonchev–Trinajstić information content (AvgIpc) is 3.05. The minimum absolute atomic E-state index is 0.288. The van der Waals surface area contributed by atoms with Crippen LogP contribution in [0.25, 0.3) is 10.9 Å². The van der Waals surface area contributed by atoms with Gasteiger partial charge in [0.2, 0.25) is 0 Å². The third kappa shape index (κ3) is 3.17. The number of nitrogens with two attached hydrogens (primary N) is 1. The smallest absolute Gasteiger partial charge is 0.0586 e. The number of H-pyrrole nitrogens is 1. The Bertz CT molecular complexity index is 890. The summed E-state index contributed by atoms with van der Waals surface area (Å²) < 4.78 is 0. The van der Waals surface area contributed by atoms with E-state index in [1.165, 1.54) is 46.0 Å².